The van der Waals surface area contributed by atoms with E-state index in [0.29, 0.717) is 50.9 Å². The van der Waals surface area contributed by atoms with Gasteiger partial charge in [0.15, 0.2) is 0 Å². The van der Waals surface area contributed by atoms with Gasteiger partial charge in [-0.15, -0.1) is 0 Å². The summed E-state index contributed by atoms with van der Waals surface area (Å²) < 4.78 is 14.7. The first-order valence-electron chi connectivity index (χ1n) is 25.2. The van der Waals surface area contributed by atoms with Crippen molar-refractivity contribution in [1.82, 2.24) is 40.4 Å². The highest BCUT2D eigenvalue weighted by Gasteiger charge is 2.43. The van der Waals surface area contributed by atoms with E-state index in [1.807, 2.05) is 39.0 Å². The number of likely N-dealkylation sites (tertiary alicyclic amines) is 1. The number of rotatable bonds is 11. The monoisotopic (exact) mass is 961 g/mol. The predicted octanol–water partition coefficient (Wildman–Crippen LogP) is 5.58. The summed E-state index contributed by atoms with van der Waals surface area (Å²) >= 11 is 0. The van der Waals surface area contributed by atoms with Crippen LogP contribution in [-0.2, 0) is 52.8 Å². The molecular weight excluding hydrogens is 889 g/mol. The van der Waals surface area contributed by atoms with Crippen molar-refractivity contribution >= 4 is 40.8 Å². The first kappa shape index (κ1) is 50.7. The molecule has 0 radical (unpaired) electrons. The van der Waals surface area contributed by atoms with Crippen molar-refractivity contribution in [3.63, 3.8) is 0 Å². The van der Waals surface area contributed by atoms with Crippen molar-refractivity contribution in [2.45, 2.75) is 123 Å². The van der Waals surface area contributed by atoms with Gasteiger partial charge in [0.25, 0.3) is 5.91 Å². The second-order valence-electron chi connectivity index (χ2n) is 21.1. The number of phenolic OH excluding ortho intramolecular Hbond substituents is 1. The molecule has 2 aromatic carbocycles. The molecule has 6 atom stereocenters. The quantitative estimate of drug-likeness (QED) is 0.138. The Hall–Kier alpha value is -5.68. The second kappa shape index (κ2) is 21.0. The maximum absolute atomic E-state index is 14.9. The normalized spacial score (nSPS) is 23.8. The largest absolute Gasteiger partial charge is 0.508 e. The number of carbonyl (C=O) groups is 5. The number of aldehydes is 1. The summed E-state index contributed by atoms with van der Waals surface area (Å²) in [4.78, 5) is 78.2. The second-order valence-corrected chi connectivity index (χ2v) is 21.1. The third-order valence-electron chi connectivity index (χ3n) is 14.9. The summed E-state index contributed by atoms with van der Waals surface area (Å²) in [5.41, 5.74) is 8.71. The average Bonchev–Trinajstić information content (AvgIpc) is 4.13. The van der Waals surface area contributed by atoms with Gasteiger partial charge in [-0.1, -0.05) is 39.8 Å². The van der Waals surface area contributed by atoms with E-state index < -0.39 is 40.8 Å². The number of aromatic nitrogens is 2. The first-order chi connectivity index (χ1) is 33.5. The smallest absolute Gasteiger partial charge is 0.259 e. The van der Waals surface area contributed by atoms with Crippen molar-refractivity contribution in [2.24, 2.45) is 17.3 Å². The van der Waals surface area contributed by atoms with Crippen LogP contribution in [0.5, 0.6) is 5.75 Å². The van der Waals surface area contributed by atoms with Gasteiger partial charge in [0.2, 0.25) is 17.7 Å². The Morgan fingerprint density at radius 3 is 2.57 bits per heavy atom. The van der Waals surface area contributed by atoms with E-state index in [1.54, 1.807) is 37.4 Å². The lowest BCUT2D eigenvalue weighted by molar-refractivity contribution is -0.148. The number of aromatic hydroxyl groups is 1. The number of hydrazine groups is 1. The van der Waals surface area contributed by atoms with Gasteiger partial charge in [0, 0.05) is 69.4 Å². The minimum atomic E-state index is -1.22. The Bertz CT molecular complexity index is 2600. The number of methoxy groups -OCH3 is 1. The standard InChI is InChI=1S/C54H72N8O8/c1-9-61-45-16-15-36-27-41(45)42(48(61)40-13-10-20-56-46(40)34(4)69-8)28-53(5,6)31-70-32-54(30-63)18-12-21-62(58-54)52(68)44(25-35-23-38(36)26-39(64)24-35)57-49(65)47(33(2)3)59(7)50(66)37-17-22-60(29-37)51(67)43-14-11-19-55-43/h10,13,15-16,20,23-24,26-27,30,33-34,37,43-44,47,55,58,64H,9,11-12,14,17-19,21-22,25,28-29,31-32H2,1-8H3,(H,57,65)/t34-,37-,43?,44-,47-,54-/m0/s1. The van der Waals surface area contributed by atoms with E-state index in [4.69, 9.17) is 14.5 Å². The zero-order valence-corrected chi connectivity index (χ0v) is 42.2. The zero-order chi connectivity index (χ0) is 50.1. The lowest BCUT2D eigenvalue weighted by Gasteiger charge is -2.42. The molecule has 6 bridgehead atoms. The number of hydrogen-bond donors (Lipinski definition) is 4. The van der Waals surface area contributed by atoms with Gasteiger partial charge >= 0.3 is 0 Å². The lowest BCUT2D eigenvalue weighted by atomic mass is 9.84. The summed E-state index contributed by atoms with van der Waals surface area (Å²) in [7, 11) is 3.30. The Balaban J connectivity index is 1.17. The molecule has 16 heteroatoms. The molecule has 1 unspecified atom stereocenters. The third-order valence-corrected chi connectivity index (χ3v) is 14.9. The van der Waals surface area contributed by atoms with Crippen molar-refractivity contribution < 1.29 is 38.6 Å². The van der Waals surface area contributed by atoms with Crippen LogP contribution < -0.4 is 16.1 Å². The fraction of sp³-hybridized carbons (Fsp3) is 0.556. The molecule has 0 aliphatic carbocycles. The first-order valence-corrected chi connectivity index (χ1v) is 25.2. The van der Waals surface area contributed by atoms with E-state index in [0.717, 1.165) is 70.2 Å². The van der Waals surface area contributed by atoms with E-state index in [2.05, 4.69) is 59.6 Å². The number of phenols is 1. The molecule has 0 spiro atoms. The van der Waals surface area contributed by atoms with Gasteiger partial charge in [-0.3, -0.25) is 29.2 Å². The number of amides is 4. The summed E-state index contributed by atoms with van der Waals surface area (Å²) in [5.74, 6) is -2.02. The molecule has 0 saturated carbocycles. The summed E-state index contributed by atoms with van der Waals surface area (Å²) in [6.45, 7) is 15.0. The third kappa shape index (κ3) is 10.4. The molecule has 4 N–H and O–H groups in total. The zero-order valence-electron chi connectivity index (χ0n) is 42.2. The molecule has 4 aliphatic heterocycles. The number of nitrogens with zero attached hydrogens (tertiary/aromatic N) is 5. The van der Waals surface area contributed by atoms with Crippen molar-refractivity contribution in [3.05, 3.63) is 71.5 Å². The van der Waals surface area contributed by atoms with Gasteiger partial charge in [-0.25, -0.2) is 5.43 Å². The van der Waals surface area contributed by atoms with Crippen molar-refractivity contribution in [2.75, 3.05) is 53.6 Å². The van der Waals surface area contributed by atoms with E-state index >= 15 is 0 Å². The van der Waals surface area contributed by atoms with Gasteiger partial charge in [0.1, 0.15) is 29.7 Å². The number of benzene rings is 2. The van der Waals surface area contributed by atoms with Gasteiger partial charge < -0.3 is 44.4 Å². The van der Waals surface area contributed by atoms with Crippen LogP contribution in [0.3, 0.4) is 0 Å². The number of pyridine rings is 1. The van der Waals surface area contributed by atoms with E-state index in [9.17, 15) is 29.1 Å². The Morgan fingerprint density at radius 2 is 1.86 bits per heavy atom. The number of fused-ring (bicyclic) bond motifs is 6. The van der Waals surface area contributed by atoms with Crippen LogP contribution >= 0.6 is 0 Å². The van der Waals surface area contributed by atoms with Crippen LogP contribution in [0.4, 0.5) is 0 Å². The highest BCUT2D eigenvalue weighted by Crippen LogP contribution is 2.42. The maximum atomic E-state index is 14.9. The topological polar surface area (TPSA) is 188 Å². The Kier molecular flexibility index (Phi) is 15.2. The molecule has 16 nitrogen and oxygen atoms in total. The fourth-order valence-electron chi connectivity index (χ4n) is 11.3. The molecule has 8 rings (SSSR count). The Labute approximate surface area is 411 Å². The number of ether oxygens (including phenoxy) is 2. The van der Waals surface area contributed by atoms with E-state index in [-0.39, 0.29) is 61.7 Å². The molecule has 4 aliphatic rings. The number of aryl methyl sites for hydroxylation is 1. The van der Waals surface area contributed by atoms with Crippen LogP contribution in [0.1, 0.15) is 96.6 Å². The SMILES string of the molecule is CCn1c(-c2cccnc2[C@H](C)OC)c2c3cc(ccc31)-c1cc(O)cc(c1)C[C@H](NC(=O)[C@H](C(C)C)N(C)C(=O)[C@H]1CCN(C(=O)C3CCCN3)C1)C(=O)N1CCC[C@](C=O)(COCC(C)(C)C2)N1. The van der Waals surface area contributed by atoms with Crippen molar-refractivity contribution in [1.29, 1.82) is 0 Å². The summed E-state index contributed by atoms with van der Waals surface area (Å²) in [5, 5.41) is 20.2. The maximum Gasteiger partial charge on any atom is 0.259 e. The molecule has 2 aromatic heterocycles. The highest BCUT2D eigenvalue weighted by atomic mass is 16.5. The molecular formula is C54H72N8O8. The number of nitrogens with one attached hydrogen (secondary N) is 3. The van der Waals surface area contributed by atoms with Gasteiger partial charge in [-0.05, 0) is 129 Å². The summed E-state index contributed by atoms with van der Waals surface area (Å²) in [6, 6.07) is 13.3. The van der Waals surface area contributed by atoms with Crippen molar-refractivity contribution in [3.8, 4) is 28.1 Å². The minimum Gasteiger partial charge on any atom is -0.508 e. The van der Waals surface area contributed by atoms with Crippen LogP contribution in [0.15, 0.2) is 54.7 Å². The Morgan fingerprint density at radius 1 is 1.06 bits per heavy atom. The van der Waals surface area contributed by atoms with Crippen LogP contribution in [-0.4, -0.2) is 137 Å². The molecule has 6 heterocycles. The van der Waals surface area contributed by atoms with Gasteiger partial charge in [0.05, 0.1) is 42.7 Å². The number of likely N-dealkylation sites (N-methyl/N-ethyl adjacent to an activating group) is 1. The molecule has 376 valence electrons. The molecule has 4 aromatic rings. The van der Waals surface area contributed by atoms with Crippen LogP contribution in [0.25, 0.3) is 33.3 Å². The van der Waals surface area contributed by atoms with Crippen LogP contribution in [0.2, 0.25) is 0 Å². The summed E-state index contributed by atoms with van der Waals surface area (Å²) in [6.07, 6.45) is 6.07. The van der Waals surface area contributed by atoms with Gasteiger partial charge in [-0.2, -0.15) is 0 Å². The predicted molar refractivity (Wildman–Crippen MR) is 267 cm³/mol. The molecule has 3 fully saturated rings. The van der Waals surface area contributed by atoms with Crippen LogP contribution in [0, 0.1) is 17.3 Å². The molecule has 4 amide bonds. The number of hydrogen-bond acceptors (Lipinski definition) is 11. The van der Waals surface area contributed by atoms with E-state index in [1.165, 1.54) is 9.91 Å². The highest BCUT2D eigenvalue weighted by molar-refractivity contribution is 5.96. The average molecular weight is 961 g/mol. The number of carbonyl (C=O) groups excluding carboxylic acids is 5. The molecule has 3 saturated heterocycles. The lowest BCUT2D eigenvalue weighted by Crippen LogP contribution is -2.66. The fourth-order valence-corrected chi connectivity index (χ4v) is 11.3. The molecule has 70 heavy (non-hydrogen) atoms. The minimum absolute atomic E-state index is 0.00613.